The number of rotatable bonds is 92. The van der Waals surface area contributed by atoms with E-state index in [2.05, 4.69) is 241 Å². The molecule has 0 bridgehead atoms. The summed E-state index contributed by atoms with van der Waals surface area (Å²) in [5, 5.41) is 0. The highest BCUT2D eigenvalue weighted by molar-refractivity contribution is 7.43. The number of para-hydroxylation sites is 3. The van der Waals surface area contributed by atoms with Crippen molar-refractivity contribution in [2.45, 2.75) is 609 Å². The molecule has 824 valence electrons. The molecule has 0 saturated heterocycles. The average molecular weight is 2060 g/mol. The number of aryl methyl sites for hydroxylation is 6. The van der Waals surface area contributed by atoms with E-state index in [4.69, 9.17) is 40.7 Å². The fourth-order valence-electron chi connectivity index (χ4n) is 21.0. The fourth-order valence-corrected chi connectivity index (χ4v) is 24.2. The number of unbranched alkanes of at least 4 members (excludes halogenated alkanes) is 60. The van der Waals surface area contributed by atoms with Crippen LogP contribution in [0.4, 0.5) is 0 Å². The van der Waals surface area contributed by atoms with Gasteiger partial charge in [0.25, 0.3) is 0 Å². The zero-order chi connectivity index (χ0) is 104. The Labute approximate surface area is 899 Å². The second-order valence-corrected chi connectivity index (χ2v) is 50.3. The summed E-state index contributed by atoms with van der Waals surface area (Å²) in [6.07, 6.45) is 89.4. The first-order chi connectivity index (χ1) is 70.4. The van der Waals surface area contributed by atoms with Crippen LogP contribution in [0.2, 0.25) is 0 Å². The van der Waals surface area contributed by atoms with Crippen LogP contribution in [0.15, 0.2) is 109 Å². The molecule has 4 unspecified atom stereocenters. The second kappa shape index (κ2) is 80.2. The van der Waals surface area contributed by atoms with E-state index in [1.807, 2.05) is 0 Å². The molecule has 0 amide bonds. The molecule has 0 aliphatic rings. The molecule has 6 rings (SSSR count). The van der Waals surface area contributed by atoms with Crippen LogP contribution < -0.4 is 27.1 Å². The summed E-state index contributed by atoms with van der Waals surface area (Å²) in [4.78, 5) is 0. The molecule has 0 heterocycles. The van der Waals surface area contributed by atoms with E-state index >= 15 is 0 Å². The Morgan fingerprint density at radius 1 is 0.214 bits per heavy atom. The molecule has 0 spiro atoms. The van der Waals surface area contributed by atoms with Crippen LogP contribution >= 0.6 is 25.8 Å². The van der Waals surface area contributed by atoms with Crippen molar-refractivity contribution in [3.63, 3.8) is 0 Å². The maximum atomic E-state index is 7.52. The molecule has 0 aliphatic carbocycles. The smallest absolute Gasteiger partial charge is 0.417 e. The Kier molecular flexibility index (Phi) is 71.3. The molecule has 0 aromatic heterocycles. The lowest BCUT2D eigenvalue weighted by molar-refractivity contribution is 0.255. The van der Waals surface area contributed by atoms with Gasteiger partial charge in [-0.2, -0.15) is 0 Å². The van der Waals surface area contributed by atoms with Crippen LogP contribution in [0.1, 0.15) is 620 Å². The van der Waals surface area contributed by atoms with E-state index in [0.717, 1.165) is 135 Å². The van der Waals surface area contributed by atoms with E-state index in [1.54, 1.807) is 0 Å². The minimum absolute atomic E-state index is 0.0746. The van der Waals surface area contributed by atoms with Crippen LogP contribution in [0.25, 0.3) is 0 Å². The lowest BCUT2D eigenvalue weighted by Gasteiger charge is -2.33. The minimum Gasteiger partial charge on any atom is -0.417 e. The highest BCUT2D eigenvalue weighted by atomic mass is 31.2. The first-order valence-corrected chi connectivity index (χ1v) is 64.8. The summed E-state index contributed by atoms with van der Waals surface area (Å²) < 4.78 is 65.2. The molecule has 0 N–H and O–H groups in total. The van der Waals surface area contributed by atoms with E-state index < -0.39 is 25.8 Å². The van der Waals surface area contributed by atoms with Crippen molar-refractivity contribution in [1.29, 1.82) is 0 Å². The standard InChI is InChI=1S/C133H223O9P3/c1-20-26-32-38-44-47-50-53-56-59-62-65-71-77-89-101-134-143(137-125-98-86-83-95-115(125)92-80-74-68-41-35-29-23-4)140-128-105-112(8)118(108-122(128)131(11,12)13)111(7)104-121(119-109-123(132(14,15)16)129(106-113(119)9)141-144(138-126-99-87-84-96-116(126)93-81-75-69-42-36-30-24-5)135-102-90-78-72-66-63-60-57-54-51-48-45-39-33-27-21-2)120-110-124(133(17,18)19)130(107-114(120)10)142-145(139-127-100-88-85-97-117(127)94-82-76-70-43-37-31-25-6)136-103-91-79-73-67-64-61-58-55-52-49-46-40-34-28-22-3/h83-88,95-100,105-111,121H,20-82,89-94,101-104H2,1-19H3. The highest BCUT2D eigenvalue weighted by Crippen LogP contribution is 2.54. The van der Waals surface area contributed by atoms with Crippen LogP contribution in [-0.4, -0.2) is 19.8 Å². The molecule has 0 aliphatic heterocycles. The predicted octanol–water partition coefficient (Wildman–Crippen LogP) is 46.4. The van der Waals surface area contributed by atoms with Crippen LogP contribution in [-0.2, 0) is 49.1 Å². The Morgan fingerprint density at radius 3 is 0.607 bits per heavy atom. The van der Waals surface area contributed by atoms with Crippen LogP contribution in [0.5, 0.6) is 34.5 Å². The molecule has 12 heteroatoms. The van der Waals surface area contributed by atoms with Gasteiger partial charge in [-0.1, -0.05) is 569 Å². The van der Waals surface area contributed by atoms with E-state index in [-0.39, 0.29) is 28.1 Å². The van der Waals surface area contributed by atoms with Gasteiger partial charge in [-0.05, 0) is 194 Å². The Morgan fingerprint density at radius 2 is 0.393 bits per heavy atom. The molecule has 0 saturated carbocycles. The van der Waals surface area contributed by atoms with E-state index in [9.17, 15) is 0 Å². The van der Waals surface area contributed by atoms with Gasteiger partial charge in [-0.25, -0.2) is 0 Å². The summed E-state index contributed by atoms with van der Waals surface area (Å²) >= 11 is 0. The van der Waals surface area contributed by atoms with Gasteiger partial charge >= 0.3 is 25.8 Å². The van der Waals surface area contributed by atoms with Gasteiger partial charge in [0, 0.05) is 22.6 Å². The molecule has 6 aromatic carbocycles. The van der Waals surface area contributed by atoms with Gasteiger partial charge in [0.1, 0.15) is 34.5 Å². The first-order valence-electron chi connectivity index (χ1n) is 61.5. The summed E-state index contributed by atoms with van der Waals surface area (Å²) in [5.41, 5.74) is 13.5. The monoisotopic (exact) mass is 2060 g/mol. The average Bonchev–Trinajstić information content (AvgIpc) is 0.757. The zero-order valence-electron chi connectivity index (χ0n) is 97.7. The molecular formula is C133H223O9P3. The van der Waals surface area contributed by atoms with Gasteiger partial charge in [0.15, 0.2) is 0 Å². The normalized spacial score (nSPS) is 13.1. The molecule has 6 aromatic rings. The number of hydrogen-bond acceptors (Lipinski definition) is 9. The molecule has 9 nitrogen and oxygen atoms in total. The van der Waals surface area contributed by atoms with Gasteiger partial charge in [-0.3, -0.25) is 13.6 Å². The third-order valence-electron chi connectivity index (χ3n) is 30.3. The van der Waals surface area contributed by atoms with Crippen molar-refractivity contribution in [3.05, 3.63) is 176 Å². The van der Waals surface area contributed by atoms with Crippen molar-refractivity contribution in [1.82, 2.24) is 0 Å². The third kappa shape index (κ3) is 56.6. The summed E-state index contributed by atoms with van der Waals surface area (Å²) in [7, 11) is -5.59. The topological polar surface area (TPSA) is 83.1 Å². The summed E-state index contributed by atoms with van der Waals surface area (Å²) in [6.45, 7) is 46.2. The Balaban J connectivity index is 1.43. The van der Waals surface area contributed by atoms with Crippen molar-refractivity contribution < 1.29 is 40.7 Å². The van der Waals surface area contributed by atoms with Gasteiger partial charge in [0.2, 0.25) is 0 Å². The van der Waals surface area contributed by atoms with Crippen LogP contribution in [0.3, 0.4) is 0 Å². The molecule has 4 atom stereocenters. The lowest BCUT2D eigenvalue weighted by Crippen LogP contribution is -2.19. The molecular weight excluding hydrogens is 1830 g/mol. The van der Waals surface area contributed by atoms with Crippen molar-refractivity contribution in [2.24, 2.45) is 0 Å². The largest absolute Gasteiger partial charge is 0.463 e. The zero-order valence-corrected chi connectivity index (χ0v) is 100. The maximum absolute atomic E-state index is 7.52. The highest BCUT2D eigenvalue weighted by Gasteiger charge is 2.35. The minimum atomic E-state index is -1.88. The van der Waals surface area contributed by atoms with Crippen molar-refractivity contribution in [2.75, 3.05) is 19.8 Å². The predicted molar refractivity (Wildman–Crippen MR) is 636 cm³/mol. The van der Waals surface area contributed by atoms with Gasteiger partial charge in [0.05, 0.1) is 19.8 Å². The van der Waals surface area contributed by atoms with Crippen molar-refractivity contribution >= 4 is 25.8 Å². The van der Waals surface area contributed by atoms with Gasteiger partial charge < -0.3 is 27.1 Å². The maximum Gasteiger partial charge on any atom is 0.463 e. The first kappa shape index (κ1) is 129. The Bertz CT molecular complexity index is 4000. The Hall–Kier alpha value is -4.71. The summed E-state index contributed by atoms with van der Waals surface area (Å²) in [6, 6.07) is 40.7. The fraction of sp³-hybridized carbons (Fsp3) is 0.729. The van der Waals surface area contributed by atoms with E-state index in [1.165, 1.54) is 416 Å². The number of benzene rings is 6. The van der Waals surface area contributed by atoms with E-state index in [0.29, 0.717) is 19.8 Å². The summed E-state index contributed by atoms with van der Waals surface area (Å²) in [5.74, 6) is 5.10. The SMILES string of the molecule is CCCCCCCCCCCCCCCCCOP(Oc1ccccc1CCCCCCCCC)Oc1cc(C)c(C(C)CC(c2cc(C(C)(C)C)c(OP(OCCCCCCCCCCCCCCCCC)Oc3ccccc3CCCCCCCCC)cc2C)c2cc(C(C)(C)C)c(OP(OCCCCCCCCCCCCCCCCC)Oc3ccccc3CCCCCCCCC)cc2C)cc1C(C)(C)C. The number of hydrogen-bond donors (Lipinski definition) is 0. The molecule has 0 radical (unpaired) electrons. The second-order valence-electron chi connectivity index (χ2n) is 47.1. The van der Waals surface area contributed by atoms with Crippen LogP contribution in [0, 0.1) is 20.8 Å². The van der Waals surface area contributed by atoms with Crippen molar-refractivity contribution in [3.8, 4) is 34.5 Å². The van der Waals surface area contributed by atoms with Gasteiger partial charge in [-0.15, -0.1) is 0 Å². The quantitative estimate of drug-likeness (QED) is 0.0274. The lowest BCUT2D eigenvalue weighted by atomic mass is 9.74. The third-order valence-corrected chi connectivity index (χ3v) is 33.6. The molecule has 145 heavy (non-hydrogen) atoms. The molecule has 0 fully saturated rings.